The topological polar surface area (TPSA) is 62.3 Å². The quantitative estimate of drug-likeness (QED) is 0.835. The van der Waals surface area contributed by atoms with Crippen molar-refractivity contribution in [2.24, 2.45) is 5.41 Å². The number of benzene rings is 1. The molecule has 2 heterocycles. The van der Waals surface area contributed by atoms with Crippen molar-refractivity contribution in [3.8, 4) is 6.07 Å². The zero-order valence-corrected chi connectivity index (χ0v) is 10.8. The summed E-state index contributed by atoms with van der Waals surface area (Å²) in [5.74, 6) is 0. The Bertz CT molecular complexity index is 625. The number of aromatic nitrogens is 1. The molecule has 1 saturated heterocycles. The lowest BCUT2D eigenvalue weighted by molar-refractivity contribution is -0.0895. The van der Waals surface area contributed by atoms with Crippen molar-refractivity contribution in [3.63, 3.8) is 0 Å². The van der Waals surface area contributed by atoms with Gasteiger partial charge in [-0.1, -0.05) is 6.07 Å². The summed E-state index contributed by atoms with van der Waals surface area (Å²) in [6.07, 6.45) is 1.45. The van der Waals surface area contributed by atoms with E-state index in [1.807, 2.05) is 25.2 Å². The van der Waals surface area contributed by atoms with E-state index < -0.39 is 0 Å². The first-order valence-electron chi connectivity index (χ1n) is 6.20. The molecule has 1 aliphatic rings. The Labute approximate surface area is 111 Å². The van der Waals surface area contributed by atoms with E-state index in [9.17, 15) is 5.26 Å². The van der Waals surface area contributed by atoms with Crippen LogP contribution in [0.5, 0.6) is 0 Å². The summed E-state index contributed by atoms with van der Waals surface area (Å²) in [6.45, 7) is 2.57. The Morgan fingerprint density at radius 2 is 2.32 bits per heavy atom. The summed E-state index contributed by atoms with van der Waals surface area (Å²) in [6, 6.07) is 8.35. The fourth-order valence-corrected chi connectivity index (χ4v) is 2.42. The monoisotopic (exact) mass is 257 g/mol. The van der Waals surface area contributed by atoms with E-state index in [0.717, 1.165) is 29.8 Å². The van der Waals surface area contributed by atoms with Crippen LogP contribution in [0.15, 0.2) is 29.0 Å². The third-order valence-electron chi connectivity index (χ3n) is 3.41. The summed E-state index contributed by atoms with van der Waals surface area (Å²) in [5.41, 5.74) is 2.49. The first kappa shape index (κ1) is 12.2. The summed E-state index contributed by atoms with van der Waals surface area (Å²) in [4.78, 5) is 6.24. The van der Waals surface area contributed by atoms with E-state index in [2.05, 4.69) is 16.0 Å². The fraction of sp³-hybridized carbons (Fsp3) is 0.429. The Balaban J connectivity index is 1.68. The number of ether oxygens (including phenoxy) is 1. The lowest BCUT2D eigenvalue weighted by Gasteiger charge is -2.37. The molecular formula is C14H15N3O2. The summed E-state index contributed by atoms with van der Waals surface area (Å²) in [7, 11) is 2.02. The number of hydrogen-bond acceptors (Lipinski definition) is 5. The number of fused-ring (bicyclic) bond motifs is 1. The highest BCUT2D eigenvalue weighted by molar-refractivity contribution is 5.72. The van der Waals surface area contributed by atoms with Crippen LogP contribution >= 0.6 is 0 Å². The number of hydrogen-bond donors (Lipinski definition) is 0. The first-order chi connectivity index (χ1) is 9.21. The molecule has 1 aromatic carbocycles. The van der Waals surface area contributed by atoms with Gasteiger partial charge in [0, 0.05) is 13.1 Å². The average Bonchev–Trinajstić information content (AvgIpc) is 2.81. The molecule has 1 aliphatic heterocycles. The molecule has 19 heavy (non-hydrogen) atoms. The van der Waals surface area contributed by atoms with Crippen molar-refractivity contribution >= 4 is 11.1 Å². The maximum absolute atomic E-state index is 9.19. The lowest BCUT2D eigenvalue weighted by Crippen LogP contribution is -2.48. The number of oxazole rings is 1. The Morgan fingerprint density at radius 1 is 1.47 bits per heavy atom. The fourth-order valence-electron chi connectivity index (χ4n) is 2.42. The zero-order chi connectivity index (χ0) is 13.3. The molecule has 0 amide bonds. The van der Waals surface area contributed by atoms with Crippen LogP contribution in [-0.4, -0.2) is 36.7 Å². The van der Waals surface area contributed by atoms with E-state index in [1.54, 1.807) is 0 Å². The Morgan fingerprint density at radius 3 is 3.00 bits per heavy atom. The summed E-state index contributed by atoms with van der Waals surface area (Å²) >= 11 is 0. The van der Waals surface area contributed by atoms with Gasteiger partial charge in [-0.25, -0.2) is 4.98 Å². The average molecular weight is 257 g/mol. The molecule has 0 radical (unpaired) electrons. The third kappa shape index (κ3) is 2.33. The molecule has 2 aromatic rings. The van der Waals surface area contributed by atoms with Crippen molar-refractivity contribution in [2.45, 2.75) is 6.54 Å². The van der Waals surface area contributed by atoms with E-state index in [-0.39, 0.29) is 5.41 Å². The van der Waals surface area contributed by atoms with Gasteiger partial charge in [-0.05, 0) is 24.7 Å². The molecule has 0 unspecified atom stereocenters. The van der Waals surface area contributed by atoms with Gasteiger partial charge in [0.25, 0.3) is 0 Å². The molecule has 0 bridgehead atoms. The predicted octanol–water partition coefficient (Wildman–Crippen LogP) is 1.80. The largest absolute Gasteiger partial charge is 0.443 e. The lowest BCUT2D eigenvalue weighted by atomic mass is 9.87. The van der Waals surface area contributed by atoms with Crippen LogP contribution in [0.1, 0.15) is 5.56 Å². The first-order valence-corrected chi connectivity index (χ1v) is 6.20. The van der Waals surface area contributed by atoms with Gasteiger partial charge in [0.2, 0.25) is 0 Å². The Kier molecular flexibility index (Phi) is 2.97. The molecule has 0 aliphatic carbocycles. The molecule has 0 saturated carbocycles. The van der Waals surface area contributed by atoms with Crippen molar-refractivity contribution in [1.29, 1.82) is 5.26 Å². The van der Waals surface area contributed by atoms with Crippen LogP contribution in [0.25, 0.3) is 11.1 Å². The third-order valence-corrected chi connectivity index (χ3v) is 3.41. The molecule has 0 spiro atoms. The van der Waals surface area contributed by atoms with Gasteiger partial charge < -0.3 is 14.1 Å². The predicted molar refractivity (Wildman–Crippen MR) is 69.2 cm³/mol. The van der Waals surface area contributed by atoms with Gasteiger partial charge in [-0.2, -0.15) is 5.26 Å². The highest BCUT2D eigenvalue weighted by Crippen LogP contribution is 2.27. The maximum Gasteiger partial charge on any atom is 0.181 e. The van der Waals surface area contributed by atoms with Crippen molar-refractivity contribution in [1.82, 2.24) is 9.88 Å². The van der Waals surface area contributed by atoms with Crippen LogP contribution in [0.2, 0.25) is 0 Å². The van der Waals surface area contributed by atoms with E-state index >= 15 is 0 Å². The molecule has 98 valence electrons. The number of rotatable bonds is 4. The zero-order valence-electron chi connectivity index (χ0n) is 10.8. The molecule has 1 aromatic heterocycles. The van der Waals surface area contributed by atoms with Gasteiger partial charge in [-0.3, -0.25) is 0 Å². The summed E-state index contributed by atoms with van der Waals surface area (Å²) in [5, 5.41) is 9.19. The Hall–Kier alpha value is -1.90. The van der Waals surface area contributed by atoms with Gasteiger partial charge in [0.1, 0.15) is 10.9 Å². The van der Waals surface area contributed by atoms with E-state index in [4.69, 9.17) is 9.15 Å². The van der Waals surface area contributed by atoms with Crippen molar-refractivity contribution in [2.75, 3.05) is 26.8 Å². The highest BCUT2D eigenvalue weighted by atomic mass is 16.5. The van der Waals surface area contributed by atoms with E-state index in [1.165, 1.54) is 6.39 Å². The van der Waals surface area contributed by atoms with Crippen molar-refractivity contribution < 1.29 is 9.15 Å². The summed E-state index contributed by atoms with van der Waals surface area (Å²) < 4.78 is 10.4. The van der Waals surface area contributed by atoms with Crippen LogP contribution in [0.4, 0.5) is 0 Å². The second kappa shape index (κ2) is 4.65. The van der Waals surface area contributed by atoms with Crippen LogP contribution in [0, 0.1) is 16.7 Å². The molecule has 1 fully saturated rings. The minimum absolute atomic E-state index is 0.328. The minimum atomic E-state index is -0.328. The second-order valence-electron chi connectivity index (χ2n) is 5.21. The van der Waals surface area contributed by atoms with Gasteiger partial charge >= 0.3 is 0 Å². The molecule has 5 heteroatoms. The molecule has 3 rings (SSSR count). The molecule has 0 N–H and O–H groups in total. The smallest absolute Gasteiger partial charge is 0.181 e. The second-order valence-corrected chi connectivity index (χ2v) is 5.21. The van der Waals surface area contributed by atoms with Crippen LogP contribution in [-0.2, 0) is 11.3 Å². The molecule has 0 atom stereocenters. The SMILES string of the molecule is CN(Cc1ccc2ncoc2c1)CC1(C#N)COC1. The van der Waals surface area contributed by atoms with Gasteiger partial charge in [-0.15, -0.1) is 0 Å². The standard InChI is InChI=1S/C14H15N3O2/c1-17(7-14(6-15)8-18-9-14)5-11-2-3-12-13(4-11)19-10-16-12/h2-4,10H,5,7-9H2,1H3. The molecule has 5 nitrogen and oxygen atoms in total. The van der Waals surface area contributed by atoms with E-state index in [0.29, 0.717) is 13.2 Å². The number of nitriles is 1. The van der Waals surface area contributed by atoms with Crippen LogP contribution < -0.4 is 0 Å². The minimum Gasteiger partial charge on any atom is -0.443 e. The van der Waals surface area contributed by atoms with Crippen molar-refractivity contribution in [3.05, 3.63) is 30.2 Å². The van der Waals surface area contributed by atoms with Crippen LogP contribution in [0.3, 0.4) is 0 Å². The van der Waals surface area contributed by atoms with Gasteiger partial charge in [0.05, 0.1) is 19.3 Å². The van der Waals surface area contributed by atoms with Gasteiger partial charge in [0.15, 0.2) is 12.0 Å². The number of nitrogens with zero attached hydrogens (tertiary/aromatic N) is 3. The maximum atomic E-state index is 9.19. The highest BCUT2D eigenvalue weighted by Gasteiger charge is 2.39. The normalized spacial score (nSPS) is 17.3. The molecular weight excluding hydrogens is 242 g/mol.